The Labute approximate surface area is 91.4 Å². The molecule has 0 atom stereocenters. The van der Waals surface area contributed by atoms with E-state index in [0.717, 1.165) is 12.0 Å². The summed E-state index contributed by atoms with van der Waals surface area (Å²) in [5.74, 6) is 0. The van der Waals surface area contributed by atoms with Crippen molar-refractivity contribution >= 4 is 17.7 Å². The first-order valence-corrected chi connectivity index (χ1v) is 5.13. The highest BCUT2D eigenvalue weighted by Gasteiger charge is 2.05. The summed E-state index contributed by atoms with van der Waals surface area (Å²) >= 11 is 1.08. The van der Waals surface area contributed by atoms with Gasteiger partial charge in [0.15, 0.2) is 0 Å². The van der Waals surface area contributed by atoms with Crippen LogP contribution >= 0.6 is 12.0 Å². The van der Waals surface area contributed by atoms with E-state index in [1.165, 1.54) is 12.1 Å². The van der Waals surface area contributed by atoms with Gasteiger partial charge in [-0.15, -0.1) is 0 Å². The normalized spacial score (nSPS) is 10.2. The molecule has 0 bridgehead atoms. The molecule has 0 amide bonds. The van der Waals surface area contributed by atoms with Crippen LogP contribution in [0.15, 0.2) is 29.2 Å². The van der Waals surface area contributed by atoms with Crippen molar-refractivity contribution in [3.05, 3.63) is 34.4 Å². The minimum Gasteiger partial charge on any atom is -0.396 e. The molecule has 0 heterocycles. The lowest BCUT2D eigenvalue weighted by molar-refractivity contribution is -0.385. The average Bonchev–Trinajstić information content (AvgIpc) is 2.25. The van der Waals surface area contributed by atoms with Crippen molar-refractivity contribution < 1.29 is 14.2 Å². The van der Waals surface area contributed by atoms with Gasteiger partial charge < -0.3 is 9.29 Å². The fourth-order valence-corrected chi connectivity index (χ4v) is 1.52. The summed E-state index contributed by atoms with van der Waals surface area (Å²) in [6, 6.07) is 6.22. The van der Waals surface area contributed by atoms with Gasteiger partial charge in [0.05, 0.1) is 11.5 Å². The van der Waals surface area contributed by atoms with Crippen molar-refractivity contribution in [2.45, 2.75) is 11.3 Å². The quantitative estimate of drug-likeness (QED) is 0.349. The minimum atomic E-state index is -0.447. The molecule has 82 valence electrons. The second-order valence-corrected chi connectivity index (χ2v) is 3.61. The Balaban J connectivity index is 2.47. The molecule has 1 N–H and O–H groups in total. The smallest absolute Gasteiger partial charge is 0.270 e. The molecule has 1 rings (SSSR count). The standard InChI is InChI=1S/C9H11NO4S/c11-5-2-6-14-15-9-4-1-3-8(7-9)10(12)13/h1,3-4,7,11H,2,5-6H2. The Morgan fingerprint density at radius 1 is 1.53 bits per heavy atom. The van der Waals surface area contributed by atoms with Crippen LogP contribution in [-0.2, 0) is 4.18 Å². The van der Waals surface area contributed by atoms with Crippen LogP contribution in [0.1, 0.15) is 6.42 Å². The maximum Gasteiger partial charge on any atom is 0.270 e. The summed E-state index contributed by atoms with van der Waals surface area (Å²) in [5, 5.41) is 19.0. The van der Waals surface area contributed by atoms with E-state index < -0.39 is 4.92 Å². The lowest BCUT2D eigenvalue weighted by Crippen LogP contribution is -1.91. The predicted molar refractivity (Wildman–Crippen MR) is 56.6 cm³/mol. The van der Waals surface area contributed by atoms with Crippen LogP contribution in [0.4, 0.5) is 5.69 Å². The van der Waals surface area contributed by atoms with E-state index in [4.69, 9.17) is 9.29 Å². The maximum atomic E-state index is 10.5. The largest absolute Gasteiger partial charge is 0.396 e. The number of aliphatic hydroxyl groups is 1. The van der Waals surface area contributed by atoms with E-state index in [1.807, 2.05) is 0 Å². The van der Waals surface area contributed by atoms with Gasteiger partial charge in [-0.1, -0.05) is 6.07 Å². The second-order valence-electron chi connectivity index (χ2n) is 2.74. The van der Waals surface area contributed by atoms with Crippen molar-refractivity contribution in [2.75, 3.05) is 13.2 Å². The molecule has 1 aromatic carbocycles. The highest BCUT2D eigenvalue weighted by Crippen LogP contribution is 2.23. The van der Waals surface area contributed by atoms with Crippen molar-refractivity contribution in [2.24, 2.45) is 0 Å². The lowest BCUT2D eigenvalue weighted by atomic mass is 10.3. The molecule has 0 saturated heterocycles. The zero-order chi connectivity index (χ0) is 11.1. The summed E-state index contributed by atoms with van der Waals surface area (Å²) in [7, 11) is 0. The molecule has 0 spiro atoms. The van der Waals surface area contributed by atoms with Gasteiger partial charge in [0, 0.05) is 35.7 Å². The van der Waals surface area contributed by atoms with Gasteiger partial charge in [0.1, 0.15) is 0 Å². The molecule has 0 aliphatic carbocycles. The van der Waals surface area contributed by atoms with Gasteiger partial charge in [-0.3, -0.25) is 10.1 Å². The van der Waals surface area contributed by atoms with Crippen LogP contribution in [-0.4, -0.2) is 23.2 Å². The first kappa shape index (κ1) is 12.0. The number of nitrogens with zero attached hydrogens (tertiary/aromatic N) is 1. The fraction of sp³-hybridized carbons (Fsp3) is 0.333. The summed E-state index contributed by atoms with van der Waals surface area (Å²) in [5.41, 5.74) is 0.0470. The molecular weight excluding hydrogens is 218 g/mol. The number of nitro benzene ring substituents is 1. The molecule has 5 nitrogen and oxygen atoms in total. The molecule has 0 aliphatic heterocycles. The Kier molecular flexibility index (Phi) is 5.09. The summed E-state index contributed by atoms with van der Waals surface area (Å²) in [6.07, 6.45) is 0.557. The van der Waals surface area contributed by atoms with Crippen LogP contribution in [0.3, 0.4) is 0 Å². The van der Waals surface area contributed by atoms with E-state index >= 15 is 0 Å². The number of non-ortho nitro benzene ring substituents is 1. The zero-order valence-electron chi connectivity index (χ0n) is 7.96. The Morgan fingerprint density at radius 2 is 2.33 bits per heavy atom. The first-order chi connectivity index (χ1) is 7.24. The number of hydrogen-bond donors (Lipinski definition) is 1. The van der Waals surface area contributed by atoms with Gasteiger partial charge >= 0.3 is 0 Å². The highest BCUT2D eigenvalue weighted by molar-refractivity contribution is 7.94. The van der Waals surface area contributed by atoms with Crippen LogP contribution in [0.2, 0.25) is 0 Å². The van der Waals surface area contributed by atoms with E-state index in [2.05, 4.69) is 0 Å². The van der Waals surface area contributed by atoms with Crippen molar-refractivity contribution in [1.29, 1.82) is 0 Å². The fourth-order valence-electron chi connectivity index (χ4n) is 0.882. The van der Waals surface area contributed by atoms with Crippen LogP contribution < -0.4 is 0 Å². The molecule has 0 saturated carbocycles. The topological polar surface area (TPSA) is 72.6 Å². The minimum absolute atomic E-state index is 0.0470. The van der Waals surface area contributed by atoms with Crippen molar-refractivity contribution in [3.8, 4) is 0 Å². The number of benzene rings is 1. The molecule has 6 heteroatoms. The Hall–Kier alpha value is -1.11. The van der Waals surface area contributed by atoms with Gasteiger partial charge in [-0.2, -0.15) is 0 Å². The zero-order valence-corrected chi connectivity index (χ0v) is 8.77. The van der Waals surface area contributed by atoms with Crippen LogP contribution in [0.25, 0.3) is 0 Å². The summed E-state index contributed by atoms with van der Waals surface area (Å²) < 4.78 is 5.13. The van der Waals surface area contributed by atoms with E-state index in [-0.39, 0.29) is 12.3 Å². The highest BCUT2D eigenvalue weighted by atomic mass is 32.2. The first-order valence-electron chi connectivity index (χ1n) is 4.39. The number of rotatable bonds is 6. The summed E-state index contributed by atoms with van der Waals surface area (Å²) in [6.45, 7) is 0.499. The average molecular weight is 229 g/mol. The van der Waals surface area contributed by atoms with Crippen LogP contribution in [0.5, 0.6) is 0 Å². The van der Waals surface area contributed by atoms with Crippen molar-refractivity contribution in [3.63, 3.8) is 0 Å². The molecule has 0 aliphatic rings. The summed E-state index contributed by atoms with van der Waals surface area (Å²) in [4.78, 5) is 10.7. The number of aliphatic hydroxyl groups excluding tert-OH is 1. The Morgan fingerprint density at radius 3 is 3.00 bits per heavy atom. The van der Waals surface area contributed by atoms with E-state index in [0.29, 0.717) is 17.9 Å². The Bertz CT molecular complexity index is 332. The third-order valence-electron chi connectivity index (χ3n) is 1.57. The molecular formula is C9H11NO4S. The van der Waals surface area contributed by atoms with Crippen LogP contribution in [0, 0.1) is 10.1 Å². The molecule has 0 radical (unpaired) electrons. The van der Waals surface area contributed by atoms with Gasteiger partial charge in [-0.25, -0.2) is 0 Å². The van der Waals surface area contributed by atoms with E-state index in [1.54, 1.807) is 12.1 Å². The van der Waals surface area contributed by atoms with Gasteiger partial charge in [-0.05, 0) is 12.5 Å². The SMILES string of the molecule is O=[N+]([O-])c1cccc(SOCCCO)c1. The number of hydrogen-bond acceptors (Lipinski definition) is 5. The maximum absolute atomic E-state index is 10.5. The molecule has 15 heavy (non-hydrogen) atoms. The van der Waals surface area contributed by atoms with Gasteiger partial charge in [0.25, 0.3) is 5.69 Å². The second kappa shape index (κ2) is 6.39. The van der Waals surface area contributed by atoms with Crippen molar-refractivity contribution in [1.82, 2.24) is 0 Å². The predicted octanol–water partition coefficient (Wildman–Crippen LogP) is 2.00. The monoisotopic (exact) mass is 229 g/mol. The van der Waals surface area contributed by atoms with E-state index in [9.17, 15) is 10.1 Å². The number of nitro groups is 1. The molecule has 0 unspecified atom stereocenters. The molecule has 0 aromatic heterocycles. The molecule has 0 fully saturated rings. The molecule has 1 aromatic rings. The third kappa shape index (κ3) is 4.28. The third-order valence-corrected chi connectivity index (χ3v) is 2.30. The lowest BCUT2D eigenvalue weighted by Gasteiger charge is -2.00. The van der Waals surface area contributed by atoms with Gasteiger partial charge in [0.2, 0.25) is 0 Å².